The number of carbonyl (C=O) groups excluding carboxylic acids is 1. The van der Waals surface area contributed by atoms with Gasteiger partial charge in [-0.05, 0) is 38.0 Å². The predicted octanol–water partition coefficient (Wildman–Crippen LogP) is 3.84. The van der Waals surface area contributed by atoms with Gasteiger partial charge >= 0.3 is 6.18 Å². The molecule has 3 heterocycles. The zero-order valence-electron chi connectivity index (χ0n) is 17.4. The lowest BCUT2D eigenvalue weighted by Crippen LogP contribution is -2.49. The van der Waals surface area contributed by atoms with E-state index < -0.39 is 18.7 Å². The lowest BCUT2D eigenvalue weighted by molar-refractivity contribution is -0.127. The maximum absolute atomic E-state index is 13.4. The summed E-state index contributed by atoms with van der Waals surface area (Å²) in [6.07, 6.45) is -0.237. The van der Waals surface area contributed by atoms with E-state index in [0.29, 0.717) is 24.1 Å². The molecule has 1 aromatic carbocycles. The number of piperidine rings is 1. The molecule has 1 amide bonds. The maximum Gasteiger partial charge on any atom is 0.393 e. The van der Waals surface area contributed by atoms with Crippen molar-refractivity contribution >= 4 is 5.91 Å². The number of hydrogen-bond acceptors (Lipinski definition) is 5. The Morgan fingerprint density at radius 2 is 1.84 bits per heavy atom. The van der Waals surface area contributed by atoms with Gasteiger partial charge in [0.2, 0.25) is 5.88 Å². The average molecular weight is 445 g/mol. The van der Waals surface area contributed by atoms with E-state index in [4.69, 9.17) is 4.74 Å². The van der Waals surface area contributed by atoms with E-state index in [0.717, 1.165) is 0 Å². The second-order valence-electron chi connectivity index (χ2n) is 7.72. The van der Waals surface area contributed by atoms with Crippen LogP contribution >= 0.6 is 0 Å². The molecule has 0 bridgehead atoms. The van der Waals surface area contributed by atoms with Crippen molar-refractivity contribution in [2.75, 3.05) is 6.54 Å². The number of carbonyl (C=O) groups is 1. The number of aromatic nitrogens is 4. The highest BCUT2D eigenvalue weighted by atomic mass is 19.4. The molecular formula is C22H22F3N5O2. The molecule has 3 aromatic rings. The van der Waals surface area contributed by atoms with Gasteiger partial charge in [-0.2, -0.15) is 28.2 Å². The summed E-state index contributed by atoms with van der Waals surface area (Å²) in [6, 6.07) is 9.78. The van der Waals surface area contributed by atoms with Crippen LogP contribution in [0.3, 0.4) is 0 Å². The van der Waals surface area contributed by atoms with Crippen LogP contribution < -0.4 is 4.74 Å². The third-order valence-electron chi connectivity index (χ3n) is 5.39. The Morgan fingerprint density at radius 3 is 2.59 bits per heavy atom. The van der Waals surface area contributed by atoms with Gasteiger partial charge in [-0.3, -0.25) is 4.79 Å². The summed E-state index contributed by atoms with van der Waals surface area (Å²) in [6.45, 7) is 2.18. The molecule has 2 atom stereocenters. The van der Waals surface area contributed by atoms with Crippen molar-refractivity contribution in [3.63, 3.8) is 0 Å². The van der Waals surface area contributed by atoms with E-state index in [2.05, 4.69) is 15.2 Å². The summed E-state index contributed by atoms with van der Waals surface area (Å²) in [7, 11) is 0. The Kier molecular flexibility index (Phi) is 6.11. The molecule has 32 heavy (non-hydrogen) atoms. The van der Waals surface area contributed by atoms with Gasteiger partial charge in [0, 0.05) is 17.8 Å². The molecule has 0 radical (unpaired) electrons. The van der Waals surface area contributed by atoms with Crippen LogP contribution in [0, 0.1) is 0 Å². The molecule has 0 saturated carbocycles. The highest BCUT2D eigenvalue weighted by Gasteiger charge is 2.34. The zero-order valence-corrected chi connectivity index (χ0v) is 17.4. The fourth-order valence-electron chi connectivity index (χ4n) is 3.82. The minimum atomic E-state index is -4.37. The van der Waals surface area contributed by atoms with Crippen LogP contribution in [0.2, 0.25) is 0 Å². The molecular weight excluding hydrogens is 423 g/mol. The van der Waals surface area contributed by atoms with Crippen molar-refractivity contribution in [1.82, 2.24) is 24.9 Å². The van der Waals surface area contributed by atoms with Gasteiger partial charge in [-0.25, -0.2) is 4.98 Å². The molecule has 1 saturated heterocycles. The minimum Gasteiger partial charge on any atom is -0.472 e. The van der Waals surface area contributed by atoms with E-state index in [-0.39, 0.29) is 29.9 Å². The van der Waals surface area contributed by atoms with E-state index in [9.17, 15) is 18.0 Å². The molecule has 7 nitrogen and oxygen atoms in total. The van der Waals surface area contributed by atoms with Crippen LogP contribution in [0.4, 0.5) is 13.2 Å². The molecule has 0 spiro atoms. The fourth-order valence-corrected chi connectivity index (χ4v) is 3.82. The van der Waals surface area contributed by atoms with Crippen LogP contribution in [-0.4, -0.2) is 55.7 Å². The molecule has 2 aromatic heterocycles. The van der Waals surface area contributed by atoms with Crippen LogP contribution in [0.5, 0.6) is 5.88 Å². The number of rotatable bonds is 5. The smallest absolute Gasteiger partial charge is 0.393 e. The number of ether oxygens (including phenoxy) is 1. The summed E-state index contributed by atoms with van der Waals surface area (Å²) >= 11 is 0. The molecule has 1 aliphatic rings. The van der Waals surface area contributed by atoms with Crippen LogP contribution in [-0.2, 0) is 6.42 Å². The van der Waals surface area contributed by atoms with E-state index >= 15 is 0 Å². The first-order valence-electron chi connectivity index (χ1n) is 10.3. The van der Waals surface area contributed by atoms with Gasteiger partial charge in [-0.15, -0.1) is 0 Å². The highest BCUT2D eigenvalue weighted by Crippen LogP contribution is 2.29. The molecule has 0 N–H and O–H groups in total. The Bertz CT molecular complexity index is 1070. The molecule has 1 aliphatic heterocycles. The van der Waals surface area contributed by atoms with Crippen molar-refractivity contribution in [1.29, 1.82) is 0 Å². The Morgan fingerprint density at radius 1 is 1.09 bits per heavy atom. The van der Waals surface area contributed by atoms with E-state index in [1.807, 2.05) is 6.92 Å². The number of benzene rings is 1. The Labute approximate surface area is 182 Å². The van der Waals surface area contributed by atoms with Crippen LogP contribution in [0.15, 0.2) is 55.0 Å². The van der Waals surface area contributed by atoms with Crippen molar-refractivity contribution < 1.29 is 22.7 Å². The fraction of sp³-hybridized carbons (Fsp3) is 0.364. The SMILES string of the molecule is C[C@@H]1CC[C@@H](Oc2ncccc2CC(F)(F)F)CN1C(=O)c1ccccc1-n1nccn1. The number of likely N-dealkylation sites (tertiary alicyclic amines) is 1. The number of nitrogens with zero attached hydrogens (tertiary/aromatic N) is 5. The monoisotopic (exact) mass is 445 g/mol. The molecule has 4 rings (SSSR count). The first-order chi connectivity index (χ1) is 15.3. The summed E-state index contributed by atoms with van der Waals surface area (Å²) in [4.78, 5) is 20.5. The quantitative estimate of drug-likeness (QED) is 0.597. The van der Waals surface area contributed by atoms with Gasteiger partial charge in [0.25, 0.3) is 5.91 Å². The summed E-state index contributed by atoms with van der Waals surface area (Å²) in [5.74, 6) is -0.256. The topological polar surface area (TPSA) is 73.1 Å². The standard InChI is InChI=1S/C22H22F3N5O2/c1-15-8-9-17(32-20-16(5-4-10-26-20)13-22(23,24)25)14-29(15)21(31)18-6-2-3-7-19(18)30-27-11-12-28-30/h2-7,10-12,15,17H,8-9,13-14H2,1H3/t15-,17-/m1/s1. The number of alkyl halides is 3. The van der Waals surface area contributed by atoms with Gasteiger partial charge in [0.05, 0.1) is 36.6 Å². The largest absolute Gasteiger partial charge is 0.472 e. The number of pyridine rings is 1. The van der Waals surface area contributed by atoms with Gasteiger partial charge in [0.15, 0.2) is 0 Å². The second-order valence-corrected chi connectivity index (χ2v) is 7.72. The highest BCUT2D eigenvalue weighted by molar-refractivity contribution is 5.98. The van der Waals surface area contributed by atoms with Crippen molar-refractivity contribution in [2.24, 2.45) is 0 Å². The van der Waals surface area contributed by atoms with Crippen molar-refractivity contribution in [2.45, 2.75) is 44.5 Å². The lowest BCUT2D eigenvalue weighted by Gasteiger charge is -2.38. The number of amides is 1. The van der Waals surface area contributed by atoms with Crippen molar-refractivity contribution in [3.05, 3.63) is 66.1 Å². The Hall–Kier alpha value is -3.43. The minimum absolute atomic E-state index is 0.0217. The van der Waals surface area contributed by atoms with E-state index in [1.54, 1.807) is 29.2 Å². The van der Waals surface area contributed by atoms with Crippen LogP contribution in [0.25, 0.3) is 5.69 Å². The number of hydrogen-bond donors (Lipinski definition) is 0. The van der Waals surface area contributed by atoms with E-state index in [1.165, 1.54) is 35.5 Å². The Balaban J connectivity index is 1.54. The van der Waals surface area contributed by atoms with Gasteiger partial charge in [-0.1, -0.05) is 18.2 Å². The zero-order chi connectivity index (χ0) is 22.7. The van der Waals surface area contributed by atoms with Crippen LogP contribution in [0.1, 0.15) is 35.7 Å². The summed E-state index contributed by atoms with van der Waals surface area (Å²) in [5, 5.41) is 8.23. The number of para-hydroxylation sites is 1. The summed E-state index contributed by atoms with van der Waals surface area (Å²) < 4.78 is 44.6. The lowest BCUT2D eigenvalue weighted by atomic mass is 9.99. The van der Waals surface area contributed by atoms with Gasteiger partial charge in [0.1, 0.15) is 6.10 Å². The molecule has 10 heteroatoms. The third kappa shape index (κ3) is 4.90. The normalized spacial score (nSPS) is 19.1. The summed E-state index contributed by atoms with van der Waals surface area (Å²) in [5.41, 5.74) is 0.966. The first kappa shape index (κ1) is 21.8. The first-order valence-corrected chi connectivity index (χ1v) is 10.3. The second kappa shape index (κ2) is 8.97. The van der Waals surface area contributed by atoms with Crippen molar-refractivity contribution in [3.8, 4) is 11.6 Å². The molecule has 1 fully saturated rings. The average Bonchev–Trinajstić information content (AvgIpc) is 3.30. The number of halogens is 3. The molecule has 168 valence electrons. The third-order valence-corrected chi connectivity index (χ3v) is 5.39. The predicted molar refractivity (Wildman–Crippen MR) is 110 cm³/mol. The maximum atomic E-state index is 13.4. The molecule has 0 aliphatic carbocycles. The van der Waals surface area contributed by atoms with Gasteiger partial charge < -0.3 is 9.64 Å². The molecule has 0 unspecified atom stereocenters.